The van der Waals surface area contributed by atoms with E-state index < -0.39 is 0 Å². The highest BCUT2D eigenvalue weighted by molar-refractivity contribution is 6.10. The minimum absolute atomic E-state index is 1.12. The van der Waals surface area contributed by atoms with E-state index in [4.69, 9.17) is 0 Å². The SMILES string of the molecule is Cc1ccc(N(c2ccc(C)cc2)c2cccc(-c3ccc4[nH]c5ccc(-c6cccc(N(c7ccc(C)cc7)c7ccc(C)cc7)c6)cc5c4c3)c2)cc1. The van der Waals surface area contributed by atoms with Gasteiger partial charge in [-0.1, -0.05) is 107 Å². The molecule has 3 heteroatoms. The zero-order valence-corrected chi connectivity index (χ0v) is 31.7. The molecule has 0 saturated heterocycles. The van der Waals surface area contributed by atoms with Crippen molar-refractivity contribution in [1.82, 2.24) is 4.98 Å². The van der Waals surface area contributed by atoms with Crippen molar-refractivity contribution in [2.45, 2.75) is 27.7 Å². The zero-order valence-electron chi connectivity index (χ0n) is 31.7. The molecule has 0 unspecified atom stereocenters. The van der Waals surface area contributed by atoms with Crippen molar-refractivity contribution in [2.24, 2.45) is 0 Å². The molecule has 9 rings (SSSR count). The number of aromatic nitrogens is 1. The molecule has 9 aromatic rings. The van der Waals surface area contributed by atoms with Crippen molar-refractivity contribution in [3.05, 3.63) is 204 Å². The minimum Gasteiger partial charge on any atom is -0.355 e. The van der Waals surface area contributed by atoms with E-state index in [0.717, 1.165) is 45.2 Å². The average molecular weight is 710 g/mol. The summed E-state index contributed by atoms with van der Waals surface area (Å²) in [6.07, 6.45) is 0. The number of fused-ring (bicyclic) bond motifs is 3. The van der Waals surface area contributed by atoms with Crippen molar-refractivity contribution in [1.29, 1.82) is 0 Å². The Morgan fingerprint density at radius 3 is 0.927 bits per heavy atom. The number of benzene rings is 8. The molecule has 0 amide bonds. The number of nitrogens with zero attached hydrogens (tertiary/aromatic N) is 2. The van der Waals surface area contributed by atoms with Gasteiger partial charge in [0.05, 0.1) is 0 Å². The lowest BCUT2D eigenvalue weighted by Crippen LogP contribution is -2.10. The third-order valence-electron chi connectivity index (χ3n) is 10.6. The zero-order chi connectivity index (χ0) is 37.5. The highest BCUT2D eigenvalue weighted by Crippen LogP contribution is 2.40. The Balaban J connectivity index is 1.10. The van der Waals surface area contributed by atoms with Crippen molar-refractivity contribution < 1.29 is 0 Å². The fourth-order valence-corrected chi connectivity index (χ4v) is 7.58. The van der Waals surface area contributed by atoms with E-state index in [0.29, 0.717) is 0 Å². The molecule has 1 heterocycles. The second kappa shape index (κ2) is 14.2. The molecule has 0 aliphatic heterocycles. The Kier molecular flexibility index (Phi) is 8.76. The molecule has 0 saturated carbocycles. The molecule has 0 radical (unpaired) electrons. The number of H-pyrrole nitrogens is 1. The normalized spacial score (nSPS) is 11.3. The van der Waals surface area contributed by atoms with E-state index in [2.05, 4.69) is 224 Å². The van der Waals surface area contributed by atoms with Crippen molar-refractivity contribution in [3.8, 4) is 22.3 Å². The van der Waals surface area contributed by atoms with Gasteiger partial charge in [-0.15, -0.1) is 0 Å². The minimum atomic E-state index is 1.12. The maximum absolute atomic E-state index is 3.68. The fourth-order valence-electron chi connectivity index (χ4n) is 7.58. The average Bonchev–Trinajstić information content (AvgIpc) is 3.59. The first-order valence-electron chi connectivity index (χ1n) is 19.0. The Morgan fingerprint density at radius 2 is 0.600 bits per heavy atom. The summed E-state index contributed by atoms with van der Waals surface area (Å²) in [4.78, 5) is 8.36. The van der Waals surface area contributed by atoms with E-state index in [1.807, 2.05) is 0 Å². The molecule has 0 bridgehead atoms. The molecule has 8 aromatic carbocycles. The summed E-state index contributed by atoms with van der Waals surface area (Å²) in [6, 6.07) is 66.4. The van der Waals surface area contributed by atoms with Crippen LogP contribution >= 0.6 is 0 Å². The first kappa shape index (κ1) is 34.0. The first-order chi connectivity index (χ1) is 26.9. The van der Waals surface area contributed by atoms with Gasteiger partial charge in [-0.25, -0.2) is 0 Å². The van der Waals surface area contributed by atoms with E-state index in [1.54, 1.807) is 0 Å². The van der Waals surface area contributed by atoms with Gasteiger partial charge in [-0.3, -0.25) is 0 Å². The monoisotopic (exact) mass is 709 g/mol. The van der Waals surface area contributed by atoms with E-state index in [-0.39, 0.29) is 0 Å². The number of nitrogens with one attached hydrogen (secondary N) is 1. The standard InChI is InChI=1S/C52H43N3/c1-35-11-21-43(22-12-35)54(44-23-13-36(2)14-24-44)47-9-5-7-39(31-47)41-19-29-51-49(33-41)50-34-42(20-30-52(50)53-51)40-8-6-10-48(32-40)55(45-25-15-37(3)16-26-45)46-27-17-38(4)18-28-46/h5-34,53H,1-4H3. The summed E-state index contributed by atoms with van der Waals surface area (Å²) in [6.45, 7) is 8.53. The van der Waals surface area contributed by atoms with Crippen LogP contribution in [0.25, 0.3) is 44.1 Å². The molecule has 0 atom stereocenters. The quantitative estimate of drug-likeness (QED) is 0.170. The second-order valence-corrected chi connectivity index (χ2v) is 14.8. The van der Waals surface area contributed by atoms with Crippen LogP contribution in [0.1, 0.15) is 22.3 Å². The van der Waals surface area contributed by atoms with Crippen molar-refractivity contribution >= 4 is 55.9 Å². The molecular weight excluding hydrogens is 667 g/mol. The van der Waals surface area contributed by atoms with Gasteiger partial charge in [-0.05, 0) is 147 Å². The van der Waals surface area contributed by atoms with E-state index in [9.17, 15) is 0 Å². The Hall–Kier alpha value is -6.84. The topological polar surface area (TPSA) is 22.3 Å². The van der Waals surface area contributed by atoms with Crippen molar-refractivity contribution in [3.63, 3.8) is 0 Å². The predicted molar refractivity (Wildman–Crippen MR) is 235 cm³/mol. The number of aromatic amines is 1. The van der Waals surface area contributed by atoms with Gasteiger partial charge in [0.15, 0.2) is 0 Å². The van der Waals surface area contributed by atoms with Crippen molar-refractivity contribution in [2.75, 3.05) is 9.80 Å². The lowest BCUT2D eigenvalue weighted by atomic mass is 9.99. The summed E-state index contributed by atoms with van der Waals surface area (Å²) < 4.78 is 0. The summed E-state index contributed by atoms with van der Waals surface area (Å²) in [7, 11) is 0. The molecule has 1 aromatic heterocycles. The summed E-state index contributed by atoms with van der Waals surface area (Å²) in [5.41, 5.74) is 18.7. The van der Waals surface area contributed by atoms with Crippen LogP contribution in [0.5, 0.6) is 0 Å². The predicted octanol–water partition coefficient (Wildman–Crippen LogP) is 14.8. The van der Waals surface area contributed by atoms with E-state index >= 15 is 0 Å². The van der Waals surface area contributed by atoms with Gasteiger partial charge in [0.25, 0.3) is 0 Å². The van der Waals surface area contributed by atoms with Crippen LogP contribution < -0.4 is 9.80 Å². The third kappa shape index (κ3) is 6.77. The van der Waals surface area contributed by atoms with Crippen LogP contribution in [0.15, 0.2) is 182 Å². The highest BCUT2D eigenvalue weighted by atomic mass is 15.1. The molecule has 55 heavy (non-hydrogen) atoms. The molecule has 3 nitrogen and oxygen atoms in total. The lowest BCUT2D eigenvalue weighted by Gasteiger charge is -2.26. The Labute approximate surface area is 323 Å². The number of hydrogen-bond donors (Lipinski definition) is 1. The van der Waals surface area contributed by atoms with Gasteiger partial charge >= 0.3 is 0 Å². The van der Waals surface area contributed by atoms with Crippen LogP contribution in [0.3, 0.4) is 0 Å². The molecule has 0 spiro atoms. The Morgan fingerprint density at radius 1 is 0.291 bits per heavy atom. The largest absolute Gasteiger partial charge is 0.355 e. The summed E-state index contributed by atoms with van der Waals surface area (Å²) in [5.74, 6) is 0. The molecule has 0 aliphatic rings. The number of hydrogen-bond acceptors (Lipinski definition) is 2. The van der Waals surface area contributed by atoms with Gasteiger partial charge in [0, 0.05) is 55.9 Å². The number of rotatable bonds is 8. The van der Waals surface area contributed by atoms with Crippen LogP contribution in [0, 0.1) is 27.7 Å². The van der Waals surface area contributed by atoms with Gasteiger partial charge < -0.3 is 14.8 Å². The maximum Gasteiger partial charge on any atom is 0.0467 e. The Bertz CT molecular complexity index is 2490. The number of aryl methyl sites for hydroxylation is 4. The first-order valence-corrected chi connectivity index (χ1v) is 19.0. The fraction of sp³-hybridized carbons (Fsp3) is 0.0769. The van der Waals surface area contributed by atoms with Crippen LogP contribution in [0.4, 0.5) is 34.1 Å². The van der Waals surface area contributed by atoms with Crippen LogP contribution in [0.2, 0.25) is 0 Å². The molecular formula is C52H43N3. The highest BCUT2D eigenvalue weighted by Gasteiger charge is 2.16. The van der Waals surface area contributed by atoms with Crippen LogP contribution in [-0.2, 0) is 0 Å². The molecule has 0 aliphatic carbocycles. The van der Waals surface area contributed by atoms with Gasteiger partial charge in [0.2, 0.25) is 0 Å². The summed E-state index contributed by atoms with van der Waals surface area (Å²) in [5, 5.41) is 2.43. The molecule has 1 N–H and O–H groups in total. The third-order valence-corrected chi connectivity index (χ3v) is 10.6. The van der Waals surface area contributed by atoms with E-state index in [1.165, 1.54) is 55.3 Å². The molecule has 0 fully saturated rings. The smallest absolute Gasteiger partial charge is 0.0467 e. The lowest BCUT2D eigenvalue weighted by molar-refractivity contribution is 1.27. The maximum atomic E-state index is 3.68. The van der Waals surface area contributed by atoms with Crippen LogP contribution in [-0.4, -0.2) is 4.98 Å². The second-order valence-electron chi connectivity index (χ2n) is 14.8. The molecule has 266 valence electrons. The summed E-state index contributed by atoms with van der Waals surface area (Å²) >= 11 is 0. The number of anilines is 6. The van der Waals surface area contributed by atoms with Gasteiger partial charge in [0.1, 0.15) is 0 Å². The van der Waals surface area contributed by atoms with Gasteiger partial charge in [-0.2, -0.15) is 0 Å².